The highest BCUT2D eigenvalue weighted by molar-refractivity contribution is 7.80. The monoisotopic (exact) mass is 111 g/mol. The molecule has 0 fully saturated rings. The molecule has 0 amide bonds. The van der Waals surface area contributed by atoms with Crippen LogP contribution in [0.2, 0.25) is 0 Å². The molecule has 36 valence electrons. The van der Waals surface area contributed by atoms with E-state index in [0.29, 0.717) is 0 Å². The van der Waals surface area contributed by atoms with Gasteiger partial charge >= 0.3 is 0 Å². The quantitative estimate of drug-likeness (QED) is 0.486. The highest BCUT2D eigenvalue weighted by Gasteiger charge is 1.73. The maximum Gasteiger partial charge on any atom is 0.00399 e. The van der Waals surface area contributed by atoms with Crippen molar-refractivity contribution in [1.29, 1.82) is 0 Å². The Balaban J connectivity index is 3.02. The molecular formula is C6H6S. The highest BCUT2D eigenvalue weighted by Crippen LogP contribution is 2.00. The second-order valence-corrected chi connectivity index (χ2v) is 1.85. The Hall–Kier alpha value is -0.430. The summed E-state index contributed by atoms with van der Waals surface area (Å²) in [5.74, 6) is 0. The average Bonchev–Trinajstić information content (AvgIpc) is 1.69. The van der Waals surface area contributed by atoms with Crippen molar-refractivity contribution in [2.45, 2.75) is 4.90 Å². The van der Waals surface area contributed by atoms with Crippen LogP contribution in [0.15, 0.2) is 35.2 Å². The number of benzene rings is 1. The van der Waals surface area contributed by atoms with Crippen molar-refractivity contribution < 1.29 is 0 Å². The Morgan fingerprint density at radius 3 is 1.86 bits per heavy atom. The number of rotatable bonds is 0. The third kappa shape index (κ3) is 1.24. The first-order valence-electron chi connectivity index (χ1n) is 2.13. The molecule has 1 heteroatoms. The van der Waals surface area contributed by atoms with Gasteiger partial charge in [0.25, 0.3) is 0 Å². The summed E-state index contributed by atoms with van der Waals surface area (Å²) >= 11 is 4.08. The minimum Gasteiger partial charge on any atom is -0.143 e. The van der Waals surface area contributed by atoms with Crippen molar-refractivity contribution >= 4 is 12.6 Å². The molecule has 1 aromatic carbocycles. The fourth-order valence-corrected chi connectivity index (χ4v) is 0.600. The normalized spacial score (nSPS) is 8.71. The topological polar surface area (TPSA) is 0 Å². The lowest BCUT2D eigenvalue weighted by atomic mass is 10.5. The molecule has 0 radical (unpaired) electrons. The zero-order valence-corrected chi connectivity index (χ0v) is 4.73. The summed E-state index contributed by atoms with van der Waals surface area (Å²) in [6, 6.07) is 9.79. The molecule has 0 heterocycles. The number of hydrogen-bond acceptors (Lipinski definition) is 1. The van der Waals surface area contributed by atoms with Crippen LogP contribution in [0.25, 0.3) is 0 Å². The van der Waals surface area contributed by atoms with E-state index in [1.807, 2.05) is 30.3 Å². The molecular weight excluding hydrogens is 105 g/mol. The van der Waals surface area contributed by atoms with Crippen molar-refractivity contribution in [2.75, 3.05) is 0 Å². The Labute approximate surface area is 48.6 Å². The van der Waals surface area contributed by atoms with Gasteiger partial charge in [-0.2, -0.15) is 0 Å². The minimum atomic E-state index is 1.02. The van der Waals surface area contributed by atoms with Crippen LogP contribution in [0, 0.1) is 0 Å². The molecule has 0 unspecified atom stereocenters. The van der Waals surface area contributed by atoms with Gasteiger partial charge in [0.2, 0.25) is 0 Å². The summed E-state index contributed by atoms with van der Waals surface area (Å²) in [6.07, 6.45) is 0. The predicted octanol–water partition coefficient (Wildman–Crippen LogP) is 1.98. The van der Waals surface area contributed by atoms with E-state index < -0.39 is 0 Å². The Kier molecular flexibility index (Phi) is 1.37. The lowest BCUT2D eigenvalue weighted by Crippen LogP contribution is -1.56. The van der Waals surface area contributed by atoms with E-state index in [0.717, 1.165) is 4.90 Å². The van der Waals surface area contributed by atoms with Crippen molar-refractivity contribution in [3.8, 4) is 0 Å². The summed E-state index contributed by atoms with van der Waals surface area (Å²) in [7, 11) is 0. The molecule has 0 nitrogen and oxygen atoms in total. The van der Waals surface area contributed by atoms with Crippen LogP contribution in [0.4, 0.5) is 0 Å². The zero-order chi connectivity index (χ0) is 5.11. The van der Waals surface area contributed by atoms with Crippen LogP contribution in [0.3, 0.4) is 0 Å². The first kappa shape index (κ1) is 4.72. The number of thiol groups is 1. The van der Waals surface area contributed by atoms with Crippen LogP contribution in [0.1, 0.15) is 0 Å². The molecule has 0 N–H and O–H groups in total. The molecule has 0 aliphatic rings. The van der Waals surface area contributed by atoms with Gasteiger partial charge in [0, 0.05) is 4.90 Å². The number of hydrogen-bond donors (Lipinski definition) is 1. The van der Waals surface area contributed by atoms with Gasteiger partial charge in [0.05, 0.1) is 0 Å². The molecule has 0 aliphatic carbocycles. The van der Waals surface area contributed by atoms with Crippen molar-refractivity contribution in [2.24, 2.45) is 0 Å². The van der Waals surface area contributed by atoms with E-state index in [1.54, 1.807) is 0 Å². The first-order chi connectivity index (χ1) is 3.39. The van der Waals surface area contributed by atoms with Crippen molar-refractivity contribution in [3.05, 3.63) is 30.3 Å². The average molecular weight is 111 g/mol. The van der Waals surface area contributed by atoms with Gasteiger partial charge in [-0.1, -0.05) is 18.2 Å². The van der Waals surface area contributed by atoms with Gasteiger partial charge in [0.1, 0.15) is 0 Å². The van der Waals surface area contributed by atoms with Crippen LogP contribution in [-0.2, 0) is 0 Å². The fourth-order valence-electron chi connectivity index (χ4n) is 0.428. The van der Waals surface area contributed by atoms with Crippen molar-refractivity contribution in [1.82, 2.24) is 0 Å². The van der Waals surface area contributed by atoms with Gasteiger partial charge in [0.15, 0.2) is 0 Å². The van der Waals surface area contributed by atoms with Crippen LogP contribution in [-0.4, -0.2) is 0 Å². The van der Waals surface area contributed by atoms with Crippen molar-refractivity contribution in [3.63, 3.8) is 0 Å². The first-order valence-corrected chi connectivity index (χ1v) is 2.58. The highest BCUT2D eigenvalue weighted by atomic mass is 32.1. The summed E-state index contributed by atoms with van der Waals surface area (Å²) in [5, 5.41) is 0. The molecule has 0 aromatic heterocycles. The van der Waals surface area contributed by atoms with Crippen LogP contribution < -0.4 is 0 Å². The fraction of sp³-hybridized carbons (Fsp3) is 0. The zero-order valence-electron chi connectivity index (χ0n) is 3.83. The molecule has 0 spiro atoms. The largest absolute Gasteiger partial charge is 0.143 e. The summed E-state index contributed by atoms with van der Waals surface area (Å²) in [5.41, 5.74) is 0. The molecule has 0 saturated carbocycles. The maximum atomic E-state index is 4.08. The molecule has 1 aromatic rings. The molecule has 7 heavy (non-hydrogen) atoms. The lowest BCUT2D eigenvalue weighted by Gasteiger charge is -1.81. The summed E-state index contributed by atoms with van der Waals surface area (Å²) in [4.78, 5) is 1.02. The summed E-state index contributed by atoms with van der Waals surface area (Å²) in [6.45, 7) is 0. The van der Waals surface area contributed by atoms with Gasteiger partial charge in [-0.15, -0.1) is 12.6 Å². The van der Waals surface area contributed by atoms with E-state index in [9.17, 15) is 0 Å². The Morgan fingerprint density at radius 2 is 1.57 bits per heavy atom. The second-order valence-electron chi connectivity index (χ2n) is 1.34. The van der Waals surface area contributed by atoms with E-state index in [1.165, 1.54) is 0 Å². The van der Waals surface area contributed by atoms with Crippen LogP contribution >= 0.6 is 12.6 Å². The molecule has 0 aliphatic heterocycles. The van der Waals surface area contributed by atoms with E-state index in [-0.39, 0.29) is 0 Å². The van der Waals surface area contributed by atoms with Gasteiger partial charge in [-0.25, -0.2) is 0 Å². The Morgan fingerprint density at radius 1 is 1.00 bits per heavy atom. The Bertz CT molecular complexity index is 134. The molecule has 1 rings (SSSR count). The minimum absolute atomic E-state index is 1.02. The third-order valence-corrected chi connectivity index (χ3v) is 1.05. The third-order valence-electron chi connectivity index (χ3n) is 0.756. The predicted molar refractivity (Wildman–Crippen MR) is 33.7 cm³/mol. The van der Waals surface area contributed by atoms with Gasteiger partial charge < -0.3 is 0 Å². The molecule has 0 saturated heterocycles. The lowest BCUT2D eigenvalue weighted by molar-refractivity contribution is 1.48. The van der Waals surface area contributed by atoms with Crippen LogP contribution in [0.5, 0.6) is 0 Å². The van der Waals surface area contributed by atoms with E-state index in [4.69, 9.17) is 0 Å². The van der Waals surface area contributed by atoms with E-state index >= 15 is 0 Å². The van der Waals surface area contributed by atoms with E-state index in [2.05, 4.69) is 12.6 Å². The summed E-state index contributed by atoms with van der Waals surface area (Å²) < 4.78 is 0. The standard InChI is InChI=1S/C6H6S/c7-6-4-2-1-3-5-6/h1-5,7H/i4+1. The second kappa shape index (κ2) is 2.03. The molecule has 0 bridgehead atoms. The smallest absolute Gasteiger partial charge is 0.00399 e. The maximum absolute atomic E-state index is 4.08. The van der Waals surface area contributed by atoms with Gasteiger partial charge in [-0.05, 0) is 12.1 Å². The SMILES string of the molecule is Sc1cccc[13cH]1. The van der Waals surface area contributed by atoms with Gasteiger partial charge in [-0.3, -0.25) is 0 Å². The molecule has 0 atom stereocenters.